The van der Waals surface area contributed by atoms with Gasteiger partial charge in [0.1, 0.15) is 6.10 Å². The molecule has 1 aliphatic rings. The Morgan fingerprint density at radius 3 is 3.30 bits per heavy atom. The Morgan fingerprint density at radius 2 is 2.80 bits per heavy atom. The number of oxime groups is 1. The van der Waals surface area contributed by atoms with Crippen LogP contribution in [0.3, 0.4) is 0 Å². The highest BCUT2D eigenvalue weighted by molar-refractivity contribution is 5.72. The summed E-state index contributed by atoms with van der Waals surface area (Å²) < 4.78 is 0. The van der Waals surface area contributed by atoms with Gasteiger partial charge in [0, 0.05) is 19.6 Å². The van der Waals surface area contributed by atoms with Crippen molar-refractivity contribution in [3.8, 4) is 0 Å². The zero-order valence-electron chi connectivity index (χ0n) is 5.83. The summed E-state index contributed by atoms with van der Waals surface area (Å²) in [6.07, 6.45) is 2.54. The van der Waals surface area contributed by atoms with Gasteiger partial charge in [0.15, 0.2) is 0 Å². The molecule has 1 atom stereocenters. The molecule has 1 rings (SSSR count). The van der Waals surface area contributed by atoms with Crippen LogP contribution >= 0.6 is 0 Å². The van der Waals surface area contributed by atoms with E-state index in [1.54, 1.807) is 6.21 Å². The average Bonchev–Trinajstić information content (AvgIpc) is 2.34. The standard InChI is InChI=1S/C6H10N2O2/c1-5(9)7-4-6-2-3-8-10-6/h3,6H,2,4H2,1H3,(H,7,9). The zero-order valence-corrected chi connectivity index (χ0v) is 5.83. The minimum absolute atomic E-state index is 0.0319. The molecule has 1 amide bonds. The highest BCUT2D eigenvalue weighted by Crippen LogP contribution is 2.01. The molecule has 0 saturated carbocycles. The molecule has 0 aromatic carbocycles. The van der Waals surface area contributed by atoms with E-state index in [0.29, 0.717) is 6.54 Å². The minimum atomic E-state index is -0.0319. The number of rotatable bonds is 2. The van der Waals surface area contributed by atoms with Crippen molar-refractivity contribution in [2.45, 2.75) is 19.4 Å². The molecule has 1 aliphatic heterocycles. The SMILES string of the molecule is CC(=O)NCC1CC=NO1. The molecule has 1 unspecified atom stereocenters. The van der Waals surface area contributed by atoms with Gasteiger partial charge in [-0.3, -0.25) is 4.79 Å². The van der Waals surface area contributed by atoms with Crippen LogP contribution in [0.2, 0.25) is 0 Å². The number of nitrogens with one attached hydrogen (secondary N) is 1. The van der Waals surface area contributed by atoms with E-state index in [4.69, 9.17) is 4.84 Å². The lowest BCUT2D eigenvalue weighted by Crippen LogP contribution is -2.29. The molecule has 4 nitrogen and oxygen atoms in total. The lowest BCUT2D eigenvalue weighted by molar-refractivity contribution is -0.119. The van der Waals surface area contributed by atoms with E-state index in [-0.39, 0.29) is 12.0 Å². The van der Waals surface area contributed by atoms with Gasteiger partial charge in [0.05, 0.1) is 6.54 Å². The smallest absolute Gasteiger partial charge is 0.217 e. The molecule has 1 heterocycles. The first-order chi connectivity index (χ1) is 4.79. The van der Waals surface area contributed by atoms with Gasteiger partial charge in [0.25, 0.3) is 0 Å². The molecular formula is C6H10N2O2. The van der Waals surface area contributed by atoms with E-state index in [1.807, 2.05) is 0 Å². The van der Waals surface area contributed by atoms with Gasteiger partial charge in [-0.25, -0.2) is 0 Å². The molecule has 0 aromatic rings. The molecule has 10 heavy (non-hydrogen) atoms. The van der Waals surface area contributed by atoms with Gasteiger partial charge in [-0.1, -0.05) is 5.16 Å². The van der Waals surface area contributed by atoms with Crippen molar-refractivity contribution >= 4 is 12.1 Å². The predicted molar refractivity (Wildman–Crippen MR) is 36.7 cm³/mol. The van der Waals surface area contributed by atoms with Gasteiger partial charge >= 0.3 is 0 Å². The van der Waals surface area contributed by atoms with E-state index in [9.17, 15) is 4.79 Å². The second-order valence-electron chi connectivity index (χ2n) is 2.19. The number of carbonyl (C=O) groups is 1. The Balaban J connectivity index is 2.09. The molecule has 4 heteroatoms. The third-order valence-corrected chi connectivity index (χ3v) is 1.23. The Labute approximate surface area is 59.2 Å². The van der Waals surface area contributed by atoms with Crippen molar-refractivity contribution in [2.75, 3.05) is 6.54 Å². The number of amides is 1. The van der Waals surface area contributed by atoms with Crippen LogP contribution in [-0.4, -0.2) is 24.8 Å². The van der Waals surface area contributed by atoms with Gasteiger partial charge < -0.3 is 10.2 Å². The van der Waals surface area contributed by atoms with Crippen LogP contribution in [0.25, 0.3) is 0 Å². The van der Waals surface area contributed by atoms with Gasteiger partial charge in [-0.05, 0) is 0 Å². The third-order valence-electron chi connectivity index (χ3n) is 1.23. The highest BCUT2D eigenvalue weighted by Gasteiger charge is 2.12. The normalized spacial score (nSPS) is 22.3. The average molecular weight is 142 g/mol. The van der Waals surface area contributed by atoms with Crippen molar-refractivity contribution in [3.05, 3.63) is 0 Å². The maximum atomic E-state index is 10.4. The van der Waals surface area contributed by atoms with E-state index in [2.05, 4.69) is 10.5 Å². The lowest BCUT2D eigenvalue weighted by atomic mass is 10.3. The molecule has 0 aliphatic carbocycles. The lowest BCUT2D eigenvalue weighted by Gasteiger charge is -2.06. The Kier molecular flexibility index (Phi) is 2.25. The Morgan fingerprint density at radius 1 is 2.00 bits per heavy atom. The largest absolute Gasteiger partial charge is 0.391 e. The summed E-state index contributed by atoms with van der Waals surface area (Å²) in [5.74, 6) is -0.0319. The van der Waals surface area contributed by atoms with Crippen molar-refractivity contribution in [3.63, 3.8) is 0 Å². The minimum Gasteiger partial charge on any atom is -0.391 e. The van der Waals surface area contributed by atoms with Crippen LogP contribution in [0, 0.1) is 0 Å². The molecular weight excluding hydrogens is 132 g/mol. The summed E-state index contributed by atoms with van der Waals surface area (Å²) in [4.78, 5) is 15.3. The fourth-order valence-corrected chi connectivity index (χ4v) is 0.711. The fourth-order valence-electron chi connectivity index (χ4n) is 0.711. The van der Waals surface area contributed by atoms with Crippen LogP contribution in [0.5, 0.6) is 0 Å². The van der Waals surface area contributed by atoms with Gasteiger partial charge in [-0.15, -0.1) is 0 Å². The molecule has 1 N–H and O–H groups in total. The molecule has 0 saturated heterocycles. The molecule has 56 valence electrons. The Hall–Kier alpha value is -1.06. The van der Waals surface area contributed by atoms with E-state index < -0.39 is 0 Å². The summed E-state index contributed by atoms with van der Waals surface area (Å²) in [6.45, 7) is 2.03. The zero-order chi connectivity index (χ0) is 7.40. The summed E-state index contributed by atoms with van der Waals surface area (Å²) >= 11 is 0. The van der Waals surface area contributed by atoms with Crippen LogP contribution in [0.1, 0.15) is 13.3 Å². The number of hydrogen-bond donors (Lipinski definition) is 1. The highest BCUT2D eigenvalue weighted by atomic mass is 16.6. The number of nitrogens with zero attached hydrogens (tertiary/aromatic N) is 1. The molecule has 0 spiro atoms. The van der Waals surface area contributed by atoms with E-state index in [0.717, 1.165) is 6.42 Å². The summed E-state index contributed by atoms with van der Waals surface area (Å²) in [5.41, 5.74) is 0. The quantitative estimate of drug-likeness (QED) is 0.585. The molecule has 0 fully saturated rings. The van der Waals surface area contributed by atoms with Crippen LogP contribution < -0.4 is 5.32 Å². The molecule has 0 radical (unpaired) electrons. The van der Waals surface area contributed by atoms with E-state index in [1.165, 1.54) is 6.92 Å². The first-order valence-corrected chi connectivity index (χ1v) is 3.21. The predicted octanol–water partition coefficient (Wildman–Crippen LogP) is -0.103. The fraction of sp³-hybridized carbons (Fsp3) is 0.667. The van der Waals surface area contributed by atoms with E-state index >= 15 is 0 Å². The van der Waals surface area contributed by atoms with Crippen molar-refractivity contribution < 1.29 is 9.63 Å². The van der Waals surface area contributed by atoms with Crippen molar-refractivity contribution in [1.82, 2.24) is 5.32 Å². The first-order valence-electron chi connectivity index (χ1n) is 3.21. The van der Waals surface area contributed by atoms with Crippen molar-refractivity contribution in [1.29, 1.82) is 0 Å². The van der Waals surface area contributed by atoms with Crippen LogP contribution in [0.4, 0.5) is 0 Å². The second-order valence-corrected chi connectivity index (χ2v) is 2.19. The summed E-state index contributed by atoms with van der Waals surface area (Å²) in [6, 6.07) is 0. The topological polar surface area (TPSA) is 50.7 Å². The summed E-state index contributed by atoms with van der Waals surface area (Å²) in [5, 5.41) is 6.21. The molecule has 0 aromatic heterocycles. The van der Waals surface area contributed by atoms with Crippen LogP contribution in [-0.2, 0) is 9.63 Å². The monoisotopic (exact) mass is 142 g/mol. The van der Waals surface area contributed by atoms with Crippen molar-refractivity contribution in [2.24, 2.45) is 5.16 Å². The summed E-state index contributed by atoms with van der Waals surface area (Å²) in [7, 11) is 0. The first kappa shape index (κ1) is 7.05. The molecule has 0 bridgehead atoms. The maximum absolute atomic E-state index is 10.4. The van der Waals surface area contributed by atoms with Gasteiger partial charge in [-0.2, -0.15) is 0 Å². The maximum Gasteiger partial charge on any atom is 0.217 e. The van der Waals surface area contributed by atoms with Crippen LogP contribution in [0.15, 0.2) is 5.16 Å². The number of carbonyl (C=O) groups excluding carboxylic acids is 1. The third kappa shape index (κ3) is 2.05. The number of hydrogen-bond acceptors (Lipinski definition) is 3. The Bertz CT molecular complexity index is 148. The second kappa shape index (κ2) is 3.20. The van der Waals surface area contributed by atoms with Gasteiger partial charge in [0.2, 0.25) is 5.91 Å².